The Bertz CT molecular complexity index is 767. The van der Waals surface area contributed by atoms with Gasteiger partial charge >= 0.3 is 0 Å². The molecular weight excluding hydrogens is 318 g/mol. The van der Waals surface area contributed by atoms with Crippen LogP contribution in [0.15, 0.2) is 36.4 Å². The van der Waals surface area contributed by atoms with Crippen molar-refractivity contribution in [1.29, 1.82) is 0 Å². The molecule has 2 aromatic rings. The number of hydrogen-bond acceptors (Lipinski definition) is 3. The molecule has 126 valence electrons. The van der Waals surface area contributed by atoms with Crippen molar-refractivity contribution in [1.82, 2.24) is 0 Å². The minimum atomic E-state index is -0.891. The maximum atomic E-state index is 13.2. The summed E-state index contributed by atoms with van der Waals surface area (Å²) < 4.78 is 36.6. The number of halogens is 2. The van der Waals surface area contributed by atoms with Crippen LogP contribution in [0.4, 0.5) is 14.5 Å². The van der Waals surface area contributed by atoms with Gasteiger partial charge in [-0.2, -0.15) is 0 Å². The summed E-state index contributed by atoms with van der Waals surface area (Å²) in [4.78, 5) is 12.0. The monoisotopic (exact) mass is 335 g/mol. The molecule has 0 bridgehead atoms. The van der Waals surface area contributed by atoms with Crippen molar-refractivity contribution in [3.05, 3.63) is 53.6 Å². The third-order valence-corrected chi connectivity index (χ3v) is 3.78. The topological polar surface area (TPSA) is 64.2 Å². The molecule has 0 spiro atoms. The largest absolute Gasteiger partial charge is 0.454 e. The van der Waals surface area contributed by atoms with Crippen LogP contribution in [0.2, 0.25) is 0 Å². The van der Waals surface area contributed by atoms with E-state index in [9.17, 15) is 13.6 Å². The molecule has 0 radical (unpaired) electrons. The fourth-order valence-electron chi connectivity index (χ4n) is 2.40. The zero-order valence-corrected chi connectivity index (χ0v) is 13.0. The van der Waals surface area contributed by atoms with Gasteiger partial charge in [0.15, 0.2) is 29.7 Å². The Morgan fingerprint density at radius 2 is 1.96 bits per heavy atom. The maximum Gasteiger partial charge on any atom is 0.279 e. The molecule has 0 unspecified atom stereocenters. The standard InChI is InChI=1S/C17H16F2N2O3/c1-10(11-2-4-13(18)14(19)6-11)20-8-17(22)21-12-3-5-15-16(7-12)24-9-23-15/h2-7,10,20H,8-9H2,1H3,(H,21,22)/p+1/t10-/m0/s1. The normalized spacial score (nSPS) is 13.6. The zero-order valence-electron chi connectivity index (χ0n) is 13.0. The van der Waals surface area contributed by atoms with Gasteiger partial charge in [0.25, 0.3) is 5.91 Å². The Kier molecular flexibility index (Phi) is 4.61. The summed E-state index contributed by atoms with van der Waals surface area (Å²) in [5, 5.41) is 4.50. The quantitative estimate of drug-likeness (QED) is 0.878. The second kappa shape index (κ2) is 6.84. The molecule has 2 aromatic carbocycles. The summed E-state index contributed by atoms with van der Waals surface area (Å²) >= 11 is 0. The van der Waals surface area contributed by atoms with E-state index in [1.165, 1.54) is 6.07 Å². The Morgan fingerprint density at radius 1 is 1.17 bits per heavy atom. The minimum absolute atomic E-state index is 0.147. The van der Waals surface area contributed by atoms with Crippen LogP contribution >= 0.6 is 0 Å². The summed E-state index contributed by atoms with van der Waals surface area (Å²) in [5.41, 5.74) is 1.22. The first-order valence-electron chi connectivity index (χ1n) is 7.50. The van der Waals surface area contributed by atoms with Crippen molar-refractivity contribution in [2.24, 2.45) is 0 Å². The van der Waals surface area contributed by atoms with E-state index in [0.717, 1.165) is 12.1 Å². The number of carbonyl (C=O) groups is 1. The molecule has 1 atom stereocenters. The average Bonchev–Trinajstić information content (AvgIpc) is 3.03. The summed E-state index contributed by atoms with van der Waals surface area (Å²) in [5.74, 6) is -0.745. The number of nitrogens with one attached hydrogen (secondary N) is 1. The van der Waals surface area contributed by atoms with Gasteiger partial charge < -0.3 is 20.1 Å². The lowest BCUT2D eigenvalue weighted by atomic mass is 10.1. The number of ether oxygens (including phenoxy) is 2. The summed E-state index contributed by atoms with van der Waals surface area (Å²) in [7, 11) is 0. The molecule has 24 heavy (non-hydrogen) atoms. The highest BCUT2D eigenvalue weighted by Crippen LogP contribution is 2.34. The Morgan fingerprint density at radius 3 is 2.75 bits per heavy atom. The van der Waals surface area contributed by atoms with Crippen LogP contribution in [0.1, 0.15) is 18.5 Å². The first kappa shape index (κ1) is 16.2. The van der Waals surface area contributed by atoms with Crippen LogP contribution in [0.5, 0.6) is 11.5 Å². The van der Waals surface area contributed by atoms with Gasteiger partial charge in [0.05, 0.1) is 0 Å². The molecule has 0 saturated heterocycles. The fourth-order valence-corrected chi connectivity index (χ4v) is 2.40. The highest BCUT2D eigenvalue weighted by molar-refractivity contribution is 5.91. The number of carbonyl (C=O) groups excluding carboxylic acids is 1. The third-order valence-electron chi connectivity index (χ3n) is 3.78. The number of fused-ring (bicyclic) bond motifs is 1. The Labute approximate surface area is 137 Å². The molecule has 7 heteroatoms. The Balaban J connectivity index is 1.54. The van der Waals surface area contributed by atoms with Crippen molar-refractivity contribution >= 4 is 11.6 Å². The summed E-state index contributed by atoms with van der Waals surface area (Å²) in [6.07, 6.45) is 0. The van der Waals surface area contributed by atoms with Gasteiger partial charge in [-0.15, -0.1) is 0 Å². The highest BCUT2D eigenvalue weighted by atomic mass is 19.2. The molecule has 0 aromatic heterocycles. The van der Waals surface area contributed by atoms with Crippen LogP contribution < -0.4 is 20.1 Å². The number of hydrogen-bond donors (Lipinski definition) is 2. The number of benzene rings is 2. The highest BCUT2D eigenvalue weighted by Gasteiger charge is 2.16. The number of quaternary nitrogens is 1. The molecule has 3 rings (SSSR count). The molecular formula is C17H17F2N2O3+. The van der Waals surface area contributed by atoms with E-state index in [0.29, 0.717) is 22.7 Å². The first-order chi connectivity index (χ1) is 11.5. The van der Waals surface area contributed by atoms with E-state index >= 15 is 0 Å². The van der Waals surface area contributed by atoms with E-state index in [2.05, 4.69) is 5.32 Å². The van der Waals surface area contributed by atoms with E-state index in [1.54, 1.807) is 23.5 Å². The fraction of sp³-hybridized carbons (Fsp3) is 0.235. The second-order valence-electron chi connectivity index (χ2n) is 5.52. The number of nitrogens with two attached hydrogens (primary N) is 1. The van der Waals surface area contributed by atoms with E-state index in [4.69, 9.17) is 9.47 Å². The Hall–Kier alpha value is -2.67. The van der Waals surface area contributed by atoms with Crippen molar-refractivity contribution in [3.63, 3.8) is 0 Å². The van der Waals surface area contributed by atoms with Crippen molar-refractivity contribution in [2.75, 3.05) is 18.7 Å². The number of anilines is 1. The van der Waals surface area contributed by atoms with Crippen molar-refractivity contribution < 1.29 is 28.4 Å². The molecule has 0 saturated carbocycles. The maximum absolute atomic E-state index is 13.2. The average molecular weight is 335 g/mol. The minimum Gasteiger partial charge on any atom is -0.454 e. The molecule has 3 N–H and O–H groups in total. The van der Waals surface area contributed by atoms with Gasteiger partial charge in [0.1, 0.15) is 6.04 Å². The van der Waals surface area contributed by atoms with Crippen molar-refractivity contribution in [3.8, 4) is 11.5 Å². The summed E-state index contributed by atoms with van der Waals surface area (Å²) in [6, 6.07) is 8.71. The van der Waals surface area contributed by atoms with Crippen LogP contribution in [0.25, 0.3) is 0 Å². The molecule has 5 nitrogen and oxygen atoms in total. The SMILES string of the molecule is C[C@H]([NH2+]CC(=O)Nc1ccc2c(c1)OCO2)c1ccc(F)c(F)c1. The first-order valence-corrected chi connectivity index (χ1v) is 7.50. The van der Waals surface area contributed by atoms with Gasteiger partial charge in [-0.3, -0.25) is 4.79 Å². The van der Waals surface area contributed by atoms with Gasteiger partial charge in [-0.25, -0.2) is 8.78 Å². The molecule has 1 aliphatic heterocycles. The van der Waals surface area contributed by atoms with Gasteiger partial charge in [-0.1, -0.05) is 0 Å². The predicted octanol–water partition coefficient (Wildman–Crippen LogP) is 1.96. The lowest BCUT2D eigenvalue weighted by molar-refractivity contribution is -0.682. The molecule has 1 aliphatic rings. The van der Waals surface area contributed by atoms with E-state index in [-0.39, 0.29) is 25.3 Å². The molecule has 0 fully saturated rings. The molecule has 1 heterocycles. The molecule has 0 aliphatic carbocycles. The summed E-state index contributed by atoms with van der Waals surface area (Å²) in [6.45, 7) is 2.14. The molecule has 1 amide bonds. The second-order valence-corrected chi connectivity index (χ2v) is 5.52. The van der Waals surface area contributed by atoms with Gasteiger partial charge in [-0.05, 0) is 37.3 Å². The van der Waals surface area contributed by atoms with E-state index < -0.39 is 11.6 Å². The zero-order chi connectivity index (χ0) is 17.1. The van der Waals surface area contributed by atoms with Crippen LogP contribution in [0.3, 0.4) is 0 Å². The number of amides is 1. The van der Waals surface area contributed by atoms with Crippen LogP contribution in [-0.4, -0.2) is 19.2 Å². The lowest BCUT2D eigenvalue weighted by Gasteiger charge is -2.11. The predicted molar refractivity (Wildman–Crippen MR) is 82.8 cm³/mol. The van der Waals surface area contributed by atoms with E-state index in [1.807, 2.05) is 6.92 Å². The van der Waals surface area contributed by atoms with Gasteiger partial charge in [0.2, 0.25) is 6.79 Å². The third kappa shape index (κ3) is 3.62. The van der Waals surface area contributed by atoms with Crippen molar-refractivity contribution in [2.45, 2.75) is 13.0 Å². The van der Waals surface area contributed by atoms with Gasteiger partial charge in [0, 0.05) is 17.3 Å². The van der Waals surface area contributed by atoms with Crippen LogP contribution in [0, 0.1) is 11.6 Å². The lowest BCUT2D eigenvalue weighted by Crippen LogP contribution is -2.86. The smallest absolute Gasteiger partial charge is 0.279 e. The number of rotatable bonds is 5. The van der Waals surface area contributed by atoms with Crippen LogP contribution in [-0.2, 0) is 4.79 Å².